The summed E-state index contributed by atoms with van der Waals surface area (Å²) in [6.07, 6.45) is 6.32. The van der Waals surface area contributed by atoms with Crippen molar-refractivity contribution >= 4 is 33.2 Å². The molecule has 9 nitrogen and oxygen atoms in total. The highest BCUT2D eigenvalue weighted by atomic mass is 32.1. The van der Waals surface area contributed by atoms with Gasteiger partial charge >= 0.3 is 0 Å². The normalized spacial score (nSPS) is 27.6. The number of thiophene rings is 1. The Balaban J connectivity index is 1.33. The minimum Gasteiger partial charge on any atom is -0.380 e. The Kier molecular flexibility index (Phi) is 4.20. The van der Waals surface area contributed by atoms with Crippen LogP contribution in [0.3, 0.4) is 0 Å². The maximum absolute atomic E-state index is 6.12. The van der Waals surface area contributed by atoms with Crippen molar-refractivity contribution in [1.82, 2.24) is 19.7 Å². The third-order valence-electron chi connectivity index (χ3n) is 4.87. The first-order chi connectivity index (χ1) is 13.2. The zero-order chi connectivity index (χ0) is 18.4. The molecule has 10 heteroatoms. The van der Waals surface area contributed by atoms with Crippen LogP contribution in [0.4, 0.5) is 11.6 Å². The van der Waals surface area contributed by atoms with Crippen LogP contribution in [0.5, 0.6) is 0 Å². The number of nitrogens with two attached hydrogens (primary N) is 1. The summed E-state index contributed by atoms with van der Waals surface area (Å²) < 4.78 is 14.0. The van der Waals surface area contributed by atoms with Crippen LogP contribution >= 0.6 is 11.3 Å². The van der Waals surface area contributed by atoms with Gasteiger partial charge in [-0.2, -0.15) is 5.10 Å². The number of ether oxygens (including phenoxy) is 2. The van der Waals surface area contributed by atoms with Crippen molar-refractivity contribution in [1.29, 1.82) is 0 Å². The van der Waals surface area contributed by atoms with Crippen LogP contribution in [0.1, 0.15) is 18.1 Å². The Bertz CT molecular complexity index is 958. The summed E-state index contributed by atoms with van der Waals surface area (Å²) in [6, 6.07) is 0.0651. The molecule has 0 amide bonds. The van der Waals surface area contributed by atoms with Crippen molar-refractivity contribution < 1.29 is 9.47 Å². The first-order valence-corrected chi connectivity index (χ1v) is 9.80. The molecule has 4 unspecified atom stereocenters. The third kappa shape index (κ3) is 3.36. The summed E-state index contributed by atoms with van der Waals surface area (Å²) in [5, 5.41) is 13.0. The van der Waals surface area contributed by atoms with Gasteiger partial charge in [0.1, 0.15) is 6.10 Å². The van der Waals surface area contributed by atoms with Crippen molar-refractivity contribution in [3.63, 3.8) is 0 Å². The molecular formula is C17H21N7O2S. The number of fused-ring (bicyclic) bond motifs is 1. The summed E-state index contributed by atoms with van der Waals surface area (Å²) >= 11 is 1.63. The molecule has 4 atom stereocenters. The topological polar surface area (TPSA) is 115 Å². The average molecular weight is 387 g/mol. The van der Waals surface area contributed by atoms with E-state index in [-0.39, 0.29) is 24.4 Å². The predicted octanol–water partition coefficient (Wildman–Crippen LogP) is 1.46. The highest BCUT2D eigenvalue weighted by Crippen LogP contribution is 2.43. The molecule has 0 aromatic carbocycles. The van der Waals surface area contributed by atoms with E-state index in [0.717, 1.165) is 27.9 Å². The van der Waals surface area contributed by atoms with Crippen LogP contribution in [0.15, 0.2) is 24.0 Å². The highest BCUT2D eigenvalue weighted by Gasteiger charge is 2.42. The van der Waals surface area contributed by atoms with Gasteiger partial charge in [0.05, 0.1) is 34.9 Å². The lowest BCUT2D eigenvalue weighted by Crippen LogP contribution is -2.47. The molecule has 2 aliphatic rings. The van der Waals surface area contributed by atoms with Gasteiger partial charge in [-0.25, -0.2) is 9.97 Å². The van der Waals surface area contributed by atoms with Gasteiger partial charge in [-0.05, 0) is 11.8 Å². The molecule has 3 aromatic heterocycles. The van der Waals surface area contributed by atoms with Crippen molar-refractivity contribution in [3.05, 3.63) is 29.5 Å². The lowest BCUT2D eigenvalue weighted by atomic mass is 10.1. The summed E-state index contributed by atoms with van der Waals surface area (Å²) in [6.45, 7) is 1.26. The fraction of sp³-hybridized carbons (Fsp3) is 0.471. The molecule has 2 aliphatic heterocycles. The van der Waals surface area contributed by atoms with E-state index in [0.29, 0.717) is 19.2 Å². The fourth-order valence-corrected chi connectivity index (χ4v) is 4.23. The summed E-state index contributed by atoms with van der Waals surface area (Å²) in [5.41, 5.74) is 9.08. The Labute approximate surface area is 159 Å². The first-order valence-electron chi connectivity index (χ1n) is 8.92. The van der Waals surface area contributed by atoms with Gasteiger partial charge in [-0.3, -0.25) is 4.68 Å². The standard InChI is InChI=1S/C17H21N7O2S/c1-24-6-9(4-20-24)21-16-15(26-16)10-8-27-13-5-19-17(23-14(10)13)22-12-2-3-25-7-11(12)18/h4-6,8,11-12,15-16,21H,2-3,7,18H2,1H3,(H,19,22,23). The van der Waals surface area contributed by atoms with Gasteiger partial charge in [0.2, 0.25) is 5.95 Å². The maximum atomic E-state index is 6.12. The molecule has 0 bridgehead atoms. The van der Waals surface area contributed by atoms with Crippen LogP contribution in [0.2, 0.25) is 0 Å². The average Bonchev–Trinajstić information content (AvgIpc) is 3.08. The third-order valence-corrected chi connectivity index (χ3v) is 5.79. The maximum Gasteiger partial charge on any atom is 0.223 e. The molecule has 0 radical (unpaired) electrons. The summed E-state index contributed by atoms with van der Waals surface area (Å²) in [7, 11) is 1.89. The van der Waals surface area contributed by atoms with Crippen LogP contribution < -0.4 is 16.4 Å². The molecular weight excluding hydrogens is 366 g/mol. The second kappa shape index (κ2) is 6.71. The number of epoxide rings is 1. The van der Waals surface area contributed by atoms with Crippen molar-refractivity contribution in [3.8, 4) is 0 Å². The minimum atomic E-state index is -0.0673. The monoisotopic (exact) mass is 387 g/mol. The first kappa shape index (κ1) is 16.9. The fourth-order valence-electron chi connectivity index (χ4n) is 3.34. The van der Waals surface area contributed by atoms with Gasteiger partial charge in [0.25, 0.3) is 0 Å². The largest absolute Gasteiger partial charge is 0.380 e. The number of hydrogen-bond donors (Lipinski definition) is 3. The quantitative estimate of drug-likeness (QED) is 0.564. The minimum absolute atomic E-state index is 0.0213. The summed E-state index contributed by atoms with van der Waals surface area (Å²) in [5.74, 6) is 0.599. The molecule has 27 heavy (non-hydrogen) atoms. The van der Waals surface area contributed by atoms with E-state index in [4.69, 9.17) is 20.2 Å². The van der Waals surface area contributed by atoms with Gasteiger partial charge in [-0.1, -0.05) is 0 Å². The Morgan fingerprint density at radius 1 is 1.33 bits per heavy atom. The second-order valence-corrected chi connectivity index (χ2v) is 7.81. The van der Waals surface area contributed by atoms with Crippen LogP contribution in [-0.4, -0.2) is 51.3 Å². The molecule has 5 rings (SSSR count). The number of aromatic nitrogens is 4. The number of rotatable bonds is 5. The molecule has 142 valence electrons. The van der Waals surface area contributed by atoms with Gasteiger partial charge < -0.3 is 25.8 Å². The van der Waals surface area contributed by atoms with Crippen LogP contribution in [0, 0.1) is 0 Å². The van der Waals surface area contributed by atoms with E-state index in [1.165, 1.54) is 0 Å². The van der Waals surface area contributed by atoms with E-state index in [9.17, 15) is 0 Å². The number of nitrogens with one attached hydrogen (secondary N) is 2. The van der Waals surface area contributed by atoms with E-state index in [2.05, 4.69) is 26.1 Å². The molecule has 0 saturated carbocycles. The van der Waals surface area contributed by atoms with E-state index < -0.39 is 0 Å². The SMILES string of the molecule is Cn1cc(NC2OC2c2csc3cnc(NC4CCOCC4N)nc23)cn1. The lowest BCUT2D eigenvalue weighted by Gasteiger charge is -2.29. The Morgan fingerprint density at radius 2 is 2.26 bits per heavy atom. The van der Waals surface area contributed by atoms with Gasteiger partial charge in [0.15, 0.2) is 6.23 Å². The number of nitrogens with zero attached hydrogens (tertiary/aromatic N) is 4. The van der Waals surface area contributed by atoms with Crippen LogP contribution in [-0.2, 0) is 16.5 Å². The van der Waals surface area contributed by atoms with E-state index >= 15 is 0 Å². The van der Waals surface area contributed by atoms with Crippen molar-refractivity contribution in [2.24, 2.45) is 12.8 Å². The summed E-state index contributed by atoms with van der Waals surface area (Å²) in [4.78, 5) is 9.18. The number of anilines is 2. The van der Waals surface area contributed by atoms with Crippen molar-refractivity contribution in [2.45, 2.75) is 30.8 Å². The molecule has 0 spiro atoms. The van der Waals surface area contributed by atoms with E-state index in [1.54, 1.807) is 22.2 Å². The zero-order valence-electron chi connectivity index (χ0n) is 14.8. The molecule has 0 aliphatic carbocycles. The van der Waals surface area contributed by atoms with E-state index in [1.807, 2.05) is 19.4 Å². The predicted molar refractivity (Wildman–Crippen MR) is 103 cm³/mol. The number of aryl methyl sites for hydroxylation is 1. The van der Waals surface area contributed by atoms with Crippen LogP contribution in [0.25, 0.3) is 10.2 Å². The number of hydrogen-bond acceptors (Lipinski definition) is 9. The molecule has 2 fully saturated rings. The smallest absolute Gasteiger partial charge is 0.223 e. The van der Waals surface area contributed by atoms with Gasteiger partial charge in [0, 0.05) is 37.5 Å². The Morgan fingerprint density at radius 3 is 3.07 bits per heavy atom. The molecule has 4 N–H and O–H groups in total. The zero-order valence-corrected chi connectivity index (χ0v) is 15.6. The Hall–Kier alpha value is -2.27. The highest BCUT2D eigenvalue weighted by molar-refractivity contribution is 7.17. The second-order valence-electron chi connectivity index (χ2n) is 6.90. The van der Waals surface area contributed by atoms with Gasteiger partial charge in [-0.15, -0.1) is 11.3 Å². The molecule has 5 heterocycles. The van der Waals surface area contributed by atoms with Crippen molar-refractivity contribution in [2.75, 3.05) is 23.8 Å². The lowest BCUT2D eigenvalue weighted by molar-refractivity contribution is 0.0751. The molecule has 3 aromatic rings. The molecule has 2 saturated heterocycles.